The molecule has 0 aliphatic carbocycles. The highest BCUT2D eigenvalue weighted by atomic mass is 35.5. The van der Waals surface area contributed by atoms with E-state index in [4.69, 9.17) is 22.1 Å². The maximum Gasteiger partial charge on any atom is 0.148 e. The van der Waals surface area contributed by atoms with Crippen LogP contribution in [0.4, 0.5) is 4.39 Å². The fourth-order valence-corrected chi connectivity index (χ4v) is 3.01. The summed E-state index contributed by atoms with van der Waals surface area (Å²) in [7, 11) is 0. The average Bonchev–Trinajstić information content (AvgIpc) is 2.76. The van der Waals surface area contributed by atoms with Crippen molar-refractivity contribution in [2.75, 3.05) is 0 Å². The Hall–Kier alpha value is -1.10. The highest BCUT2D eigenvalue weighted by molar-refractivity contribution is 7.10. The molecule has 2 unspecified atom stereocenters. The van der Waals surface area contributed by atoms with E-state index in [9.17, 15) is 4.39 Å². The molecule has 0 saturated heterocycles. The van der Waals surface area contributed by atoms with Crippen LogP contribution in [-0.2, 0) is 0 Å². The van der Waals surface area contributed by atoms with Crippen molar-refractivity contribution < 1.29 is 9.13 Å². The van der Waals surface area contributed by atoms with E-state index in [1.807, 2.05) is 25.3 Å². The molecule has 19 heavy (non-hydrogen) atoms. The molecule has 0 amide bonds. The first-order valence-corrected chi connectivity index (χ1v) is 7.16. The van der Waals surface area contributed by atoms with Crippen LogP contribution in [0.25, 0.3) is 0 Å². The molecule has 0 aliphatic heterocycles. The molecule has 0 saturated carbocycles. The van der Waals surface area contributed by atoms with E-state index in [0.717, 1.165) is 10.4 Å². The smallest absolute Gasteiger partial charge is 0.148 e. The number of rotatable bonds is 4. The quantitative estimate of drug-likeness (QED) is 0.912. The molecule has 5 heteroatoms. The summed E-state index contributed by atoms with van der Waals surface area (Å²) in [5, 5.41) is 2.05. The molecule has 102 valence electrons. The maximum absolute atomic E-state index is 13.1. The number of ether oxygens (including phenoxy) is 1. The molecule has 1 heterocycles. The third-order valence-electron chi connectivity index (χ3n) is 2.79. The van der Waals surface area contributed by atoms with Gasteiger partial charge in [0, 0.05) is 17.0 Å². The Labute approximate surface area is 121 Å². The Kier molecular flexibility index (Phi) is 4.45. The third-order valence-corrected chi connectivity index (χ3v) is 4.16. The first-order valence-electron chi connectivity index (χ1n) is 5.90. The maximum atomic E-state index is 13.1. The Morgan fingerprint density at radius 1 is 1.37 bits per heavy atom. The molecular formula is C14H15ClFNOS. The number of aryl methyl sites for hydroxylation is 1. The highest BCUT2D eigenvalue weighted by Crippen LogP contribution is 2.31. The lowest BCUT2D eigenvalue weighted by Gasteiger charge is -2.22. The number of hydrogen-bond donors (Lipinski definition) is 1. The standard InChI is InChI=1S/C14H15ClFNOS/c1-8-5-6-19-14(8)13(9(2)17)18-10-3-4-12(16)11(15)7-10/h3-7,9,13H,17H2,1-2H3. The molecule has 1 aromatic carbocycles. The Bertz CT molecular complexity index is 570. The molecule has 2 N–H and O–H groups in total. The van der Waals surface area contributed by atoms with E-state index >= 15 is 0 Å². The summed E-state index contributed by atoms with van der Waals surface area (Å²) in [6.07, 6.45) is -0.262. The zero-order chi connectivity index (χ0) is 14.0. The van der Waals surface area contributed by atoms with Crippen molar-refractivity contribution in [3.05, 3.63) is 50.9 Å². The van der Waals surface area contributed by atoms with Gasteiger partial charge >= 0.3 is 0 Å². The summed E-state index contributed by atoms with van der Waals surface area (Å²) < 4.78 is 19.0. The summed E-state index contributed by atoms with van der Waals surface area (Å²) in [6.45, 7) is 3.90. The van der Waals surface area contributed by atoms with Crippen LogP contribution in [-0.4, -0.2) is 6.04 Å². The number of nitrogens with two attached hydrogens (primary N) is 1. The molecule has 0 spiro atoms. The molecule has 0 fully saturated rings. The minimum absolute atomic E-state index is 0.0452. The minimum atomic E-state index is -0.460. The summed E-state index contributed by atoms with van der Waals surface area (Å²) in [5.74, 6) is 0.0557. The highest BCUT2D eigenvalue weighted by Gasteiger charge is 2.21. The van der Waals surface area contributed by atoms with Gasteiger partial charge in [-0.25, -0.2) is 4.39 Å². The Morgan fingerprint density at radius 3 is 2.63 bits per heavy atom. The van der Waals surface area contributed by atoms with Gasteiger partial charge < -0.3 is 10.5 Å². The van der Waals surface area contributed by atoms with Gasteiger partial charge in [-0.2, -0.15) is 0 Å². The molecule has 0 radical (unpaired) electrons. The summed E-state index contributed by atoms with van der Waals surface area (Å²) in [6, 6.07) is 6.16. The SMILES string of the molecule is Cc1ccsc1C(Oc1ccc(F)c(Cl)c1)C(C)N. The second kappa shape index (κ2) is 5.90. The van der Waals surface area contributed by atoms with Crippen LogP contribution in [0.2, 0.25) is 5.02 Å². The van der Waals surface area contributed by atoms with Crippen LogP contribution in [0.3, 0.4) is 0 Å². The van der Waals surface area contributed by atoms with E-state index in [-0.39, 0.29) is 17.2 Å². The molecule has 2 rings (SSSR count). The summed E-state index contributed by atoms with van der Waals surface area (Å²) >= 11 is 7.35. The average molecular weight is 300 g/mol. The lowest BCUT2D eigenvalue weighted by molar-refractivity contribution is 0.183. The van der Waals surface area contributed by atoms with Crippen LogP contribution in [0.5, 0.6) is 5.75 Å². The minimum Gasteiger partial charge on any atom is -0.483 e. The van der Waals surface area contributed by atoms with Gasteiger partial charge in [0.2, 0.25) is 0 Å². The lowest BCUT2D eigenvalue weighted by Crippen LogP contribution is -2.28. The molecule has 2 nitrogen and oxygen atoms in total. The first kappa shape index (κ1) is 14.3. The normalized spacial score (nSPS) is 14.2. The Balaban J connectivity index is 2.27. The van der Waals surface area contributed by atoms with Gasteiger partial charge in [-0.1, -0.05) is 11.6 Å². The van der Waals surface area contributed by atoms with E-state index < -0.39 is 5.82 Å². The van der Waals surface area contributed by atoms with Gasteiger partial charge in [0.05, 0.1) is 5.02 Å². The second-order valence-electron chi connectivity index (χ2n) is 4.44. The number of thiophene rings is 1. The zero-order valence-corrected chi connectivity index (χ0v) is 12.3. The number of benzene rings is 1. The fourth-order valence-electron chi connectivity index (χ4n) is 1.77. The van der Waals surface area contributed by atoms with E-state index in [0.29, 0.717) is 5.75 Å². The van der Waals surface area contributed by atoms with Crippen molar-refractivity contribution >= 4 is 22.9 Å². The third kappa shape index (κ3) is 3.26. The van der Waals surface area contributed by atoms with Crippen LogP contribution >= 0.6 is 22.9 Å². The van der Waals surface area contributed by atoms with Gasteiger partial charge in [-0.3, -0.25) is 0 Å². The van der Waals surface area contributed by atoms with Crippen LogP contribution in [0, 0.1) is 12.7 Å². The van der Waals surface area contributed by atoms with Crippen molar-refractivity contribution in [1.29, 1.82) is 0 Å². The first-order chi connectivity index (χ1) is 8.99. The topological polar surface area (TPSA) is 35.2 Å². The van der Waals surface area contributed by atoms with Gasteiger partial charge in [0.1, 0.15) is 17.7 Å². The predicted octanol–water partition coefficient (Wildman–Crippen LogP) is 4.32. The predicted molar refractivity (Wildman–Crippen MR) is 77.5 cm³/mol. The molecule has 1 aromatic heterocycles. The van der Waals surface area contributed by atoms with Gasteiger partial charge in [-0.05, 0) is 43.0 Å². The van der Waals surface area contributed by atoms with Gasteiger partial charge in [-0.15, -0.1) is 11.3 Å². The molecule has 0 aliphatic rings. The van der Waals surface area contributed by atoms with E-state index in [1.54, 1.807) is 17.4 Å². The molecule has 2 atom stereocenters. The number of hydrogen-bond acceptors (Lipinski definition) is 3. The fraction of sp³-hybridized carbons (Fsp3) is 0.286. The molecule has 0 bridgehead atoms. The van der Waals surface area contributed by atoms with Gasteiger partial charge in [0.15, 0.2) is 0 Å². The zero-order valence-electron chi connectivity index (χ0n) is 10.7. The van der Waals surface area contributed by atoms with Crippen molar-refractivity contribution in [3.8, 4) is 5.75 Å². The largest absolute Gasteiger partial charge is 0.483 e. The second-order valence-corrected chi connectivity index (χ2v) is 5.80. The number of halogens is 2. The van der Waals surface area contributed by atoms with Gasteiger partial charge in [0.25, 0.3) is 0 Å². The Morgan fingerprint density at radius 2 is 2.11 bits per heavy atom. The van der Waals surface area contributed by atoms with Crippen LogP contribution in [0.15, 0.2) is 29.6 Å². The van der Waals surface area contributed by atoms with Crippen molar-refractivity contribution in [1.82, 2.24) is 0 Å². The van der Waals surface area contributed by atoms with E-state index in [2.05, 4.69) is 0 Å². The van der Waals surface area contributed by atoms with Crippen molar-refractivity contribution in [3.63, 3.8) is 0 Å². The van der Waals surface area contributed by atoms with Crippen LogP contribution in [0.1, 0.15) is 23.5 Å². The monoisotopic (exact) mass is 299 g/mol. The summed E-state index contributed by atoms with van der Waals surface area (Å²) in [4.78, 5) is 1.08. The molecular weight excluding hydrogens is 285 g/mol. The van der Waals surface area contributed by atoms with E-state index in [1.165, 1.54) is 12.1 Å². The van der Waals surface area contributed by atoms with Crippen LogP contribution < -0.4 is 10.5 Å². The lowest BCUT2D eigenvalue weighted by atomic mass is 10.1. The summed E-state index contributed by atoms with van der Waals surface area (Å²) in [5.41, 5.74) is 7.13. The van der Waals surface area contributed by atoms with Crippen molar-refractivity contribution in [2.45, 2.75) is 26.0 Å². The molecule has 2 aromatic rings. The van der Waals surface area contributed by atoms with Crippen molar-refractivity contribution in [2.24, 2.45) is 5.73 Å².